The number of nitrogens with one attached hydrogen (secondary N) is 1. The van der Waals surface area contributed by atoms with Gasteiger partial charge in [0.05, 0.1) is 0 Å². The molecular weight excluding hydrogens is 302 g/mol. The van der Waals surface area contributed by atoms with Crippen molar-refractivity contribution >= 4 is 21.8 Å². The standard InChI is InChI=1S/C16H24BrNO/c1-11-6-7-12(2)13(10-11)15(19)18-14(8-9-17)16(3,4)5/h6-7,10,14H,8-9H2,1-5H3,(H,18,19). The first-order valence-corrected chi connectivity index (χ1v) is 7.82. The minimum Gasteiger partial charge on any atom is -0.349 e. The Kier molecular flexibility index (Phi) is 5.60. The Bertz CT molecular complexity index is 449. The van der Waals surface area contributed by atoms with Crippen LogP contribution in [0.1, 0.15) is 48.7 Å². The first-order valence-electron chi connectivity index (χ1n) is 6.70. The maximum absolute atomic E-state index is 12.4. The van der Waals surface area contributed by atoms with Gasteiger partial charge in [-0.3, -0.25) is 4.79 Å². The summed E-state index contributed by atoms with van der Waals surface area (Å²) in [5.41, 5.74) is 2.98. The van der Waals surface area contributed by atoms with Crippen molar-refractivity contribution in [2.75, 3.05) is 5.33 Å². The average Bonchev–Trinajstić information content (AvgIpc) is 2.30. The van der Waals surface area contributed by atoms with Crippen molar-refractivity contribution in [1.82, 2.24) is 5.32 Å². The maximum atomic E-state index is 12.4. The van der Waals surface area contributed by atoms with Crippen LogP contribution in [0, 0.1) is 19.3 Å². The van der Waals surface area contributed by atoms with Crippen molar-refractivity contribution in [3.8, 4) is 0 Å². The zero-order valence-corrected chi connectivity index (χ0v) is 14.1. The maximum Gasteiger partial charge on any atom is 0.251 e. The molecule has 1 N–H and O–H groups in total. The van der Waals surface area contributed by atoms with Crippen LogP contribution in [0.25, 0.3) is 0 Å². The Hall–Kier alpha value is -0.830. The molecule has 0 spiro atoms. The molecule has 1 amide bonds. The largest absolute Gasteiger partial charge is 0.349 e. The highest BCUT2D eigenvalue weighted by molar-refractivity contribution is 9.09. The van der Waals surface area contributed by atoms with Crippen molar-refractivity contribution in [2.45, 2.75) is 47.1 Å². The number of carbonyl (C=O) groups is 1. The molecule has 1 atom stereocenters. The van der Waals surface area contributed by atoms with Gasteiger partial charge in [-0.25, -0.2) is 0 Å². The van der Waals surface area contributed by atoms with Crippen molar-refractivity contribution in [1.29, 1.82) is 0 Å². The monoisotopic (exact) mass is 325 g/mol. The van der Waals surface area contributed by atoms with Gasteiger partial charge in [-0.15, -0.1) is 0 Å². The number of amides is 1. The number of alkyl halides is 1. The Morgan fingerprint density at radius 3 is 2.47 bits per heavy atom. The summed E-state index contributed by atoms with van der Waals surface area (Å²) in [7, 11) is 0. The number of hydrogen-bond acceptors (Lipinski definition) is 1. The third kappa shape index (κ3) is 4.64. The lowest BCUT2D eigenvalue weighted by Crippen LogP contribution is -2.44. The second-order valence-corrected chi connectivity index (χ2v) is 6.98. The molecule has 2 nitrogen and oxygen atoms in total. The summed E-state index contributed by atoms with van der Waals surface area (Å²) in [6.07, 6.45) is 0.931. The Balaban J connectivity index is 2.91. The van der Waals surface area contributed by atoms with Crippen LogP contribution in [0.3, 0.4) is 0 Å². The topological polar surface area (TPSA) is 29.1 Å². The zero-order chi connectivity index (χ0) is 14.6. The van der Waals surface area contributed by atoms with Crippen molar-refractivity contribution in [3.05, 3.63) is 34.9 Å². The first kappa shape index (κ1) is 16.2. The lowest BCUT2D eigenvalue weighted by atomic mass is 9.85. The summed E-state index contributed by atoms with van der Waals surface area (Å²) in [6.45, 7) is 10.5. The van der Waals surface area contributed by atoms with Gasteiger partial charge in [0.15, 0.2) is 0 Å². The molecule has 0 radical (unpaired) electrons. The van der Waals surface area contributed by atoms with E-state index in [1.165, 1.54) is 0 Å². The number of hydrogen-bond donors (Lipinski definition) is 1. The Morgan fingerprint density at radius 2 is 1.95 bits per heavy atom. The van der Waals surface area contributed by atoms with E-state index >= 15 is 0 Å². The highest BCUT2D eigenvalue weighted by Crippen LogP contribution is 2.23. The van der Waals surface area contributed by atoms with E-state index in [1.807, 2.05) is 32.0 Å². The van der Waals surface area contributed by atoms with Gasteiger partial charge in [-0.1, -0.05) is 54.4 Å². The van der Waals surface area contributed by atoms with Gasteiger partial charge in [0, 0.05) is 16.9 Å². The second kappa shape index (κ2) is 6.56. The molecule has 1 rings (SSSR count). The van der Waals surface area contributed by atoms with Gasteiger partial charge in [-0.05, 0) is 37.3 Å². The van der Waals surface area contributed by atoms with E-state index in [9.17, 15) is 4.79 Å². The predicted octanol–water partition coefficient (Wildman–Crippen LogP) is 4.23. The molecule has 0 aliphatic carbocycles. The van der Waals surface area contributed by atoms with Gasteiger partial charge < -0.3 is 5.32 Å². The number of carbonyl (C=O) groups excluding carboxylic acids is 1. The quantitative estimate of drug-likeness (QED) is 0.824. The molecule has 0 bridgehead atoms. The molecule has 1 aromatic carbocycles. The van der Waals surface area contributed by atoms with Crippen molar-refractivity contribution < 1.29 is 4.79 Å². The molecule has 1 unspecified atom stereocenters. The molecule has 0 fully saturated rings. The molecule has 0 aromatic heterocycles. The third-order valence-corrected chi connectivity index (χ3v) is 3.84. The summed E-state index contributed by atoms with van der Waals surface area (Å²) < 4.78 is 0. The minimum absolute atomic E-state index is 0.0297. The molecule has 106 valence electrons. The molecule has 19 heavy (non-hydrogen) atoms. The summed E-state index contributed by atoms with van der Waals surface area (Å²) in [4.78, 5) is 12.4. The minimum atomic E-state index is 0.0297. The molecule has 0 heterocycles. The molecule has 0 aliphatic heterocycles. The first-order chi connectivity index (χ1) is 8.75. The Morgan fingerprint density at radius 1 is 1.32 bits per heavy atom. The zero-order valence-electron chi connectivity index (χ0n) is 12.5. The van der Waals surface area contributed by atoms with Gasteiger partial charge in [0.25, 0.3) is 5.91 Å². The fraction of sp³-hybridized carbons (Fsp3) is 0.562. The van der Waals surface area contributed by atoms with E-state index in [0.29, 0.717) is 0 Å². The second-order valence-electron chi connectivity index (χ2n) is 6.19. The van der Waals surface area contributed by atoms with Crippen molar-refractivity contribution in [3.63, 3.8) is 0 Å². The normalized spacial score (nSPS) is 13.2. The SMILES string of the molecule is Cc1ccc(C)c(C(=O)NC(CCBr)C(C)(C)C)c1. The average molecular weight is 326 g/mol. The van der Waals surface area contributed by atoms with Crippen LogP contribution < -0.4 is 5.32 Å². The highest BCUT2D eigenvalue weighted by atomic mass is 79.9. The number of halogens is 1. The van der Waals surface area contributed by atoms with Crippen LogP contribution in [0.5, 0.6) is 0 Å². The molecule has 0 aliphatic rings. The summed E-state index contributed by atoms with van der Waals surface area (Å²) in [6, 6.07) is 6.16. The fourth-order valence-electron chi connectivity index (χ4n) is 2.05. The van der Waals surface area contributed by atoms with Crippen LogP contribution >= 0.6 is 15.9 Å². The Labute approximate surface area is 125 Å². The predicted molar refractivity (Wildman–Crippen MR) is 85.0 cm³/mol. The molecule has 0 saturated carbocycles. The van der Waals surface area contributed by atoms with E-state index in [2.05, 4.69) is 42.0 Å². The lowest BCUT2D eigenvalue weighted by molar-refractivity contribution is 0.0900. The molecular formula is C16H24BrNO. The number of aryl methyl sites for hydroxylation is 2. The molecule has 0 saturated heterocycles. The van der Waals surface area contributed by atoms with E-state index in [1.54, 1.807) is 0 Å². The van der Waals surface area contributed by atoms with Crippen LogP contribution in [0.4, 0.5) is 0 Å². The van der Waals surface area contributed by atoms with E-state index < -0.39 is 0 Å². The van der Waals surface area contributed by atoms with Gasteiger partial charge >= 0.3 is 0 Å². The van der Waals surface area contributed by atoms with Crippen LogP contribution in [0.15, 0.2) is 18.2 Å². The van der Waals surface area contributed by atoms with Crippen LogP contribution in [-0.2, 0) is 0 Å². The summed E-state index contributed by atoms with van der Waals surface area (Å²) in [5, 5.41) is 4.06. The van der Waals surface area contributed by atoms with E-state index in [0.717, 1.165) is 28.4 Å². The number of benzene rings is 1. The van der Waals surface area contributed by atoms with Gasteiger partial charge in [0.2, 0.25) is 0 Å². The van der Waals surface area contributed by atoms with Crippen LogP contribution in [-0.4, -0.2) is 17.3 Å². The summed E-state index contributed by atoms with van der Waals surface area (Å²) in [5.74, 6) is 0.0297. The van der Waals surface area contributed by atoms with Crippen molar-refractivity contribution in [2.24, 2.45) is 5.41 Å². The van der Waals surface area contributed by atoms with E-state index in [-0.39, 0.29) is 17.4 Å². The third-order valence-electron chi connectivity index (χ3n) is 3.39. The van der Waals surface area contributed by atoms with Gasteiger partial charge in [-0.2, -0.15) is 0 Å². The molecule has 1 aromatic rings. The summed E-state index contributed by atoms with van der Waals surface area (Å²) >= 11 is 3.46. The smallest absolute Gasteiger partial charge is 0.251 e. The molecule has 3 heteroatoms. The van der Waals surface area contributed by atoms with Crippen LogP contribution in [0.2, 0.25) is 0 Å². The fourth-order valence-corrected chi connectivity index (χ4v) is 2.51. The van der Waals surface area contributed by atoms with Gasteiger partial charge in [0.1, 0.15) is 0 Å². The number of rotatable bonds is 4. The highest BCUT2D eigenvalue weighted by Gasteiger charge is 2.26. The lowest BCUT2D eigenvalue weighted by Gasteiger charge is -2.31. The van der Waals surface area contributed by atoms with E-state index in [4.69, 9.17) is 0 Å².